The fraction of sp³-hybridized carbons (Fsp3) is 0.895. The van der Waals surface area contributed by atoms with E-state index in [4.69, 9.17) is 0 Å². The molecule has 4 nitrogen and oxygen atoms in total. The van der Waals surface area contributed by atoms with Crippen LogP contribution in [0.2, 0.25) is 0 Å². The van der Waals surface area contributed by atoms with Crippen molar-refractivity contribution < 1.29 is 10.2 Å². The summed E-state index contributed by atoms with van der Waals surface area (Å²) in [6, 6.07) is 0.955. The first-order valence-corrected chi connectivity index (χ1v) is 10.6. The third kappa shape index (κ3) is 3.25. The van der Waals surface area contributed by atoms with Gasteiger partial charge in [-0.3, -0.25) is 0 Å². The van der Waals surface area contributed by atoms with Crippen LogP contribution in [0.3, 0.4) is 0 Å². The molecule has 0 radical (unpaired) electrons. The molecule has 0 bridgehead atoms. The van der Waals surface area contributed by atoms with Crippen molar-refractivity contribution in [1.82, 2.24) is 10.2 Å². The van der Waals surface area contributed by atoms with Gasteiger partial charge in [0.25, 0.3) is 0 Å². The molecular weight excluding hydrogens is 320 g/mol. The summed E-state index contributed by atoms with van der Waals surface area (Å²) in [5.41, 5.74) is 1.23. The Morgan fingerprint density at radius 2 is 2.12 bits per heavy atom. The van der Waals surface area contributed by atoms with Crippen LogP contribution in [0, 0.1) is 11.8 Å². The van der Waals surface area contributed by atoms with Gasteiger partial charge in [0.05, 0.1) is 12.0 Å². The van der Waals surface area contributed by atoms with Gasteiger partial charge in [-0.15, -0.1) is 11.8 Å². The van der Waals surface area contributed by atoms with E-state index in [9.17, 15) is 10.2 Å². The second kappa shape index (κ2) is 7.56. The molecule has 2 fully saturated rings. The van der Waals surface area contributed by atoms with Crippen molar-refractivity contribution >= 4 is 11.8 Å². The van der Waals surface area contributed by atoms with Gasteiger partial charge in [0.15, 0.2) is 0 Å². The van der Waals surface area contributed by atoms with Crippen LogP contribution >= 0.6 is 11.8 Å². The molecule has 3 rings (SSSR count). The summed E-state index contributed by atoms with van der Waals surface area (Å²) in [4.78, 5) is 3.56. The van der Waals surface area contributed by atoms with E-state index < -0.39 is 12.3 Å². The summed E-state index contributed by atoms with van der Waals surface area (Å²) in [5.74, 6) is 0.397. The lowest BCUT2D eigenvalue weighted by atomic mass is 9.78. The average molecular weight is 355 g/mol. The molecule has 3 heterocycles. The van der Waals surface area contributed by atoms with Gasteiger partial charge in [0.1, 0.15) is 6.23 Å². The number of aliphatic hydroxyl groups is 2. The first-order chi connectivity index (χ1) is 11.5. The molecule has 3 N–H and O–H groups in total. The fourth-order valence-corrected chi connectivity index (χ4v) is 6.37. The minimum Gasteiger partial charge on any atom is -0.393 e. The van der Waals surface area contributed by atoms with Gasteiger partial charge in [0.2, 0.25) is 0 Å². The molecule has 3 aliphatic heterocycles. The molecule has 7 atom stereocenters. The van der Waals surface area contributed by atoms with E-state index in [1.54, 1.807) is 6.92 Å². The van der Waals surface area contributed by atoms with E-state index in [-0.39, 0.29) is 12.0 Å². The zero-order valence-electron chi connectivity index (χ0n) is 15.5. The predicted octanol–water partition coefficient (Wildman–Crippen LogP) is 2.91. The maximum Gasteiger partial charge on any atom is 0.134 e. The molecule has 138 valence electrons. The molecule has 2 saturated heterocycles. The maximum absolute atomic E-state index is 10.4. The minimum absolute atomic E-state index is 0.0171. The van der Waals surface area contributed by atoms with Crippen LogP contribution in [0.15, 0.2) is 10.6 Å². The highest BCUT2D eigenvalue weighted by Gasteiger charge is 2.57. The van der Waals surface area contributed by atoms with Crippen molar-refractivity contribution in [2.75, 3.05) is 6.54 Å². The Morgan fingerprint density at radius 3 is 2.79 bits per heavy atom. The molecule has 0 aromatic rings. The monoisotopic (exact) mass is 354 g/mol. The van der Waals surface area contributed by atoms with Gasteiger partial charge in [-0.2, -0.15) is 0 Å². The van der Waals surface area contributed by atoms with Crippen molar-refractivity contribution in [3.63, 3.8) is 0 Å². The zero-order valence-corrected chi connectivity index (χ0v) is 16.4. The van der Waals surface area contributed by atoms with Crippen LogP contribution in [0.4, 0.5) is 0 Å². The summed E-state index contributed by atoms with van der Waals surface area (Å²) in [6.45, 7) is 9.56. The standard InChI is InChI=1S/C19H34N2O2S/c1-5-6-7-8-14-9-15(10-20-14)24-18-11(2)17-16(13(4)22)19(23)21(17)12(18)3/h11,13-17,19-20,22-23H,5-10H2,1-4H3. The first-order valence-electron chi connectivity index (χ1n) is 9.71. The van der Waals surface area contributed by atoms with Crippen LogP contribution in [0.1, 0.15) is 59.8 Å². The molecule has 0 saturated carbocycles. The Kier molecular flexibility index (Phi) is 5.85. The van der Waals surface area contributed by atoms with Crippen molar-refractivity contribution in [3.05, 3.63) is 10.6 Å². The molecule has 0 aromatic carbocycles. The number of allylic oxidation sites excluding steroid dienone is 1. The summed E-state index contributed by atoms with van der Waals surface area (Å²) >= 11 is 2.02. The largest absolute Gasteiger partial charge is 0.393 e. The van der Waals surface area contributed by atoms with Gasteiger partial charge in [-0.1, -0.05) is 33.1 Å². The van der Waals surface area contributed by atoms with Gasteiger partial charge >= 0.3 is 0 Å². The zero-order chi connectivity index (χ0) is 17.4. The minimum atomic E-state index is -0.515. The summed E-state index contributed by atoms with van der Waals surface area (Å²) in [5, 5.41) is 24.7. The maximum atomic E-state index is 10.4. The summed E-state index contributed by atoms with van der Waals surface area (Å²) < 4.78 is 0. The Hall–Kier alpha value is -0.230. The molecule has 0 spiro atoms. The number of thioether (sulfide) groups is 1. The number of unbranched alkanes of at least 4 members (excludes halogenated alkanes) is 2. The van der Waals surface area contributed by atoms with Crippen LogP contribution < -0.4 is 5.32 Å². The molecular formula is C19H34N2O2S. The Morgan fingerprint density at radius 1 is 1.38 bits per heavy atom. The van der Waals surface area contributed by atoms with Gasteiger partial charge in [0, 0.05) is 40.4 Å². The van der Waals surface area contributed by atoms with E-state index in [0.717, 1.165) is 6.54 Å². The second-order valence-electron chi connectivity index (χ2n) is 7.94. The fourth-order valence-electron chi connectivity index (χ4n) is 4.87. The third-order valence-electron chi connectivity index (χ3n) is 6.20. The number of nitrogens with one attached hydrogen (secondary N) is 1. The molecule has 0 amide bonds. The van der Waals surface area contributed by atoms with E-state index in [0.29, 0.717) is 17.2 Å². The highest BCUT2D eigenvalue weighted by atomic mass is 32.2. The number of hydrogen-bond acceptors (Lipinski definition) is 5. The van der Waals surface area contributed by atoms with Crippen LogP contribution in [0.5, 0.6) is 0 Å². The Bertz CT molecular complexity index is 482. The number of fused-ring (bicyclic) bond motifs is 1. The summed E-state index contributed by atoms with van der Waals surface area (Å²) in [6.07, 6.45) is 5.56. The predicted molar refractivity (Wildman–Crippen MR) is 101 cm³/mol. The lowest BCUT2D eigenvalue weighted by molar-refractivity contribution is -0.187. The van der Waals surface area contributed by atoms with E-state index in [1.165, 1.54) is 42.7 Å². The lowest BCUT2D eigenvalue weighted by Gasteiger charge is -2.53. The number of hydrogen-bond donors (Lipinski definition) is 3. The van der Waals surface area contributed by atoms with Crippen molar-refractivity contribution in [2.24, 2.45) is 11.8 Å². The molecule has 5 heteroatoms. The number of rotatable bonds is 7. The number of aliphatic hydroxyl groups excluding tert-OH is 2. The van der Waals surface area contributed by atoms with Crippen molar-refractivity contribution in [2.45, 2.75) is 89.5 Å². The normalized spacial score (nSPS) is 40.0. The van der Waals surface area contributed by atoms with Crippen LogP contribution in [-0.4, -0.2) is 51.3 Å². The highest BCUT2D eigenvalue weighted by Crippen LogP contribution is 2.53. The molecule has 0 aliphatic carbocycles. The topological polar surface area (TPSA) is 55.7 Å². The first kappa shape index (κ1) is 18.6. The molecule has 24 heavy (non-hydrogen) atoms. The van der Waals surface area contributed by atoms with E-state index in [1.807, 2.05) is 11.8 Å². The highest BCUT2D eigenvalue weighted by molar-refractivity contribution is 8.03. The van der Waals surface area contributed by atoms with Crippen molar-refractivity contribution in [3.8, 4) is 0 Å². The van der Waals surface area contributed by atoms with E-state index in [2.05, 4.69) is 31.0 Å². The SMILES string of the molecule is CCCCCC1CC(SC2=C(C)N3C(O)C(C(C)O)C3C2C)CN1. The third-order valence-corrected chi connectivity index (χ3v) is 7.82. The number of nitrogens with zero attached hydrogens (tertiary/aromatic N) is 1. The van der Waals surface area contributed by atoms with Gasteiger partial charge < -0.3 is 20.4 Å². The van der Waals surface area contributed by atoms with Gasteiger partial charge in [-0.25, -0.2) is 0 Å². The Labute approximate surface area is 151 Å². The smallest absolute Gasteiger partial charge is 0.134 e. The lowest BCUT2D eigenvalue weighted by Crippen LogP contribution is -2.65. The quantitative estimate of drug-likeness (QED) is 0.614. The van der Waals surface area contributed by atoms with Crippen LogP contribution in [-0.2, 0) is 0 Å². The van der Waals surface area contributed by atoms with Crippen LogP contribution in [0.25, 0.3) is 0 Å². The van der Waals surface area contributed by atoms with E-state index >= 15 is 0 Å². The average Bonchev–Trinajstić information content (AvgIpc) is 3.03. The summed E-state index contributed by atoms with van der Waals surface area (Å²) in [7, 11) is 0. The molecule has 7 unspecified atom stereocenters. The molecule has 0 aromatic heterocycles. The van der Waals surface area contributed by atoms with Crippen molar-refractivity contribution in [1.29, 1.82) is 0 Å². The molecule has 3 aliphatic rings. The Balaban J connectivity index is 1.57. The van der Waals surface area contributed by atoms with Gasteiger partial charge in [-0.05, 0) is 26.7 Å². The second-order valence-corrected chi connectivity index (χ2v) is 9.29.